The fraction of sp³-hybridized carbons (Fsp3) is 0.548. The number of halogens is 4. The van der Waals surface area contributed by atoms with E-state index in [1.165, 1.54) is 24.3 Å². The molecule has 0 unspecified atom stereocenters. The van der Waals surface area contributed by atoms with E-state index in [1.54, 1.807) is 6.07 Å². The van der Waals surface area contributed by atoms with Crippen molar-refractivity contribution in [2.45, 2.75) is 88.8 Å². The molecule has 222 valence electrons. The highest BCUT2D eigenvalue weighted by atomic mass is 35.5. The predicted molar refractivity (Wildman–Crippen MR) is 156 cm³/mol. The Hall–Kier alpha value is -2.26. The van der Waals surface area contributed by atoms with Crippen LogP contribution in [-0.4, -0.2) is 41.7 Å². The van der Waals surface area contributed by atoms with Gasteiger partial charge in [-0.25, -0.2) is 8.78 Å². The lowest BCUT2D eigenvalue weighted by molar-refractivity contribution is -0.123. The highest BCUT2D eigenvalue weighted by molar-refractivity contribution is 6.31. The Kier molecular flexibility index (Phi) is 8.43. The molecular weight excluding hydrogens is 571 g/mol. The first kappa shape index (κ1) is 30.2. The number of carbonyl (C=O) groups excluding carboxylic acids is 2. The molecule has 1 saturated carbocycles. The number of anilines is 1. The minimum absolute atomic E-state index is 0.111. The van der Waals surface area contributed by atoms with Crippen molar-refractivity contribution in [3.05, 3.63) is 63.1 Å². The van der Waals surface area contributed by atoms with E-state index in [0.29, 0.717) is 30.1 Å². The number of amides is 2. The summed E-state index contributed by atoms with van der Waals surface area (Å²) in [5.74, 6) is -2.83. The van der Waals surface area contributed by atoms with Crippen molar-refractivity contribution in [1.29, 1.82) is 0 Å². The van der Waals surface area contributed by atoms with Crippen molar-refractivity contribution < 1.29 is 23.5 Å². The van der Waals surface area contributed by atoms with Crippen LogP contribution in [0.15, 0.2) is 30.3 Å². The number of benzene rings is 2. The zero-order valence-electron chi connectivity index (χ0n) is 23.5. The van der Waals surface area contributed by atoms with E-state index in [9.17, 15) is 14.7 Å². The second kappa shape index (κ2) is 11.4. The lowest BCUT2D eigenvalue weighted by Crippen LogP contribution is -2.49. The SMILES string of the molecule is CC(C)(C)C[C@H]1N[C@@H](C(=O)NCCC[C@@H]2CC[C@@H](O)C2)[C@H](c2cccc(Cl)c2F)[C@@]12C(=O)Nc1cc(Cl)c(F)cc12. The Morgan fingerprint density at radius 2 is 1.93 bits per heavy atom. The first-order chi connectivity index (χ1) is 19.3. The van der Waals surface area contributed by atoms with Crippen molar-refractivity contribution in [1.82, 2.24) is 10.6 Å². The van der Waals surface area contributed by atoms with Gasteiger partial charge < -0.3 is 21.1 Å². The van der Waals surface area contributed by atoms with Crippen molar-refractivity contribution in [2.75, 3.05) is 11.9 Å². The van der Waals surface area contributed by atoms with Crippen LogP contribution in [-0.2, 0) is 15.0 Å². The summed E-state index contributed by atoms with van der Waals surface area (Å²) in [6, 6.07) is 5.51. The Labute approximate surface area is 249 Å². The van der Waals surface area contributed by atoms with Crippen LogP contribution >= 0.6 is 23.2 Å². The largest absolute Gasteiger partial charge is 0.393 e. The molecule has 10 heteroatoms. The van der Waals surface area contributed by atoms with E-state index in [1.807, 2.05) is 20.8 Å². The molecule has 2 aromatic rings. The van der Waals surface area contributed by atoms with E-state index in [4.69, 9.17) is 23.2 Å². The normalized spacial score (nSPS) is 29.2. The van der Waals surface area contributed by atoms with Gasteiger partial charge in [0, 0.05) is 24.2 Å². The second-order valence-corrected chi connectivity index (χ2v) is 13.8. The summed E-state index contributed by atoms with van der Waals surface area (Å²) in [5, 5.41) is 18.8. The molecule has 1 aliphatic carbocycles. The van der Waals surface area contributed by atoms with Crippen LogP contribution in [0.2, 0.25) is 10.0 Å². The fourth-order valence-electron chi connectivity index (χ4n) is 7.19. The lowest BCUT2D eigenvalue weighted by atomic mass is 9.62. The number of nitrogens with one attached hydrogen (secondary N) is 3. The van der Waals surface area contributed by atoms with Crippen molar-refractivity contribution in [3.8, 4) is 0 Å². The average molecular weight is 609 g/mol. The maximum atomic E-state index is 15.8. The number of hydrogen-bond donors (Lipinski definition) is 4. The molecule has 5 rings (SSSR count). The second-order valence-electron chi connectivity index (χ2n) is 13.0. The van der Waals surface area contributed by atoms with Gasteiger partial charge in [0.15, 0.2) is 0 Å². The van der Waals surface area contributed by atoms with Crippen LogP contribution in [0.4, 0.5) is 14.5 Å². The van der Waals surface area contributed by atoms with Crippen LogP contribution in [0.25, 0.3) is 0 Å². The van der Waals surface area contributed by atoms with Crippen LogP contribution in [0, 0.1) is 23.0 Å². The van der Waals surface area contributed by atoms with Gasteiger partial charge in [0.25, 0.3) is 0 Å². The zero-order valence-corrected chi connectivity index (χ0v) is 25.0. The van der Waals surface area contributed by atoms with Crippen LogP contribution in [0.5, 0.6) is 0 Å². The van der Waals surface area contributed by atoms with Gasteiger partial charge in [0.2, 0.25) is 11.8 Å². The standard InChI is InChI=1S/C31H37Cl2F2N3O3/c1-30(2,3)15-24-31(19-13-22(34)21(33)14-23(19)37-29(31)41)25(18-7-4-8-20(32)26(18)35)27(38-24)28(40)36-11-5-6-16-9-10-17(39)12-16/h4,7-8,13-14,16-17,24-25,27,38-39H,5-6,9-12,15H2,1-3H3,(H,36,40)(H,37,41)/t16-,17-,24-,25+,27-,31+/m1/s1. The summed E-state index contributed by atoms with van der Waals surface area (Å²) >= 11 is 12.3. The van der Waals surface area contributed by atoms with Gasteiger partial charge in [-0.15, -0.1) is 0 Å². The van der Waals surface area contributed by atoms with E-state index in [0.717, 1.165) is 32.1 Å². The van der Waals surface area contributed by atoms with Gasteiger partial charge >= 0.3 is 0 Å². The Morgan fingerprint density at radius 1 is 1.17 bits per heavy atom. The molecule has 2 heterocycles. The number of rotatable bonds is 7. The smallest absolute Gasteiger partial charge is 0.237 e. The molecule has 2 fully saturated rings. The number of carbonyl (C=O) groups is 2. The molecule has 3 aliphatic rings. The summed E-state index contributed by atoms with van der Waals surface area (Å²) in [7, 11) is 0. The maximum Gasteiger partial charge on any atom is 0.237 e. The first-order valence-electron chi connectivity index (χ1n) is 14.3. The number of fused-ring (bicyclic) bond motifs is 2. The molecule has 1 spiro atoms. The number of hydrogen-bond acceptors (Lipinski definition) is 4. The fourth-order valence-corrected chi connectivity index (χ4v) is 7.53. The summed E-state index contributed by atoms with van der Waals surface area (Å²) in [6.07, 6.45) is 4.37. The Bertz CT molecular complexity index is 1350. The molecule has 2 aliphatic heterocycles. The molecule has 0 radical (unpaired) electrons. The summed E-state index contributed by atoms with van der Waals surface area (Å²) < 4.78 is 30.8. The summed E-state index contributed by atoms with van der Waals surface area (Å²) in [4.78, 5) is 28.0. The molecule has 1 saturated heterocycles. The third-order valence-corrected chi connectivity index (χ3v) is 9.48. The maximum absolute atomic E-state index is 15.8. The molecule has 6 nitrogen and oxygen atoms in total. The predicted octanol–water partition coefficient (Wildman–Crippen LogP) is 6.08. The molecule has 6 atom stereocenters. The van der Waals surface area contributed by atoms with Crippen LogP contribution < -0.4 is 16.0 Å². The van der Waals surface area contributed by atoms with E-state index in [-0.39, 0.29) is 33.0 Å². The molecule has 41 heavy (non-hydrogen) atoms. The zero-order chi connectivity index (χ0) is 29.7. The minimum atomic E-state index is -1.51. The molecule has 2 amide bonds. The monoisotopic (exact) mass is 607 g/mol. The van der Waals surface area contributed by atoms with Gasteiger partial charge in [0.05, 0.1) is 22.2 Å². The van der Waals surface area contributed by atoms with E-state index < -0.39 is 41.0 Å². The number of aliphatic hydroxyl groups excluding tert-OH is 1. The topological polar surface area (TPSA) is 90.5 Å². The van der Waals surface area contributed by atoms with Crippen LogP contribution in [0.3, 0.4) is 0 Å². The van der Waals surface area contributed by atoms with Gasteiger partial charge in [-0.1, -0.05) is 56.1 Å². The summed E-state index contributed by atoms with van der Waals surface area (Å²) in [5.41, 5.74) is -1.02. The lowest BCUT2D eigenvalue weighted by Gasteiger charge is -2.37. The Morgan fingerprint density at radius 3 is 2.61 bits per heavy atom. The van der Waals surface area contributed by atoms with Gasteiger partial charge in [-0.05, 0) is 79.2 Å². The summed E-state index contributed by atoms with van der Waals surface area (Å²) in [6.45, 7) is 6.45. The number of aliphatic hydroxyl groups is 1. The molecule has 2 aromatic carbocycles. The van der Waals surface area contributed by atoms with Gasteiger partial charge in [0.1, 0.15) is 17.0 Å². The minimum Gasteiger partial charge on any atom is -0.393 e. The van der Waals surface area contributed by atoms with Gasteiger partial charge in [-0.2, -0.15) is 0 Å². The van der Waals surface area contributed by atoms with Crippen molar-refractivity contribution >= 4 is 40.7 Å². The van der Waals surface area contributed by atoms with Crippen molar-refractivity contribution in [3.63, 3.8) is 0 Å². The first-order valence-corrected chi connectivity index (χ1v) is 15.0. The van der Waals surface area contributed by atoms with Crippen LogP contribution in [0.1, 0.15) is 76.3 Å². The Balaban J connectivity index is 1.56. The highest BCUT2D eigenvalue weighted by Gasteiger charge is 2.66. The van der Waals surface area contributed by atoms with E-state index in [2.05, 4.69) is 16.0 Å². The third kappa shape index (κ3) is 5.61. The molecular formula is C31H37Cl2F2N3O3. The van der Waals surface area contributed by atoms with Crippen molar-refractivity contribution in [2.24, 2.45) is 11.3 Å². The van der Waals surface area contributed by atoms with Gasteiger partial charge in [-0.3, -0.25) is 9.59 Å². The molecule has 0 bridgehead atoms. The quantitative estimate of drug-likeness (QED) is 0.287. The third-order valence-electron chi connectivity index (χ3n) is 8.90. The molecule has 4 N–H and O–H groups in total. The molecule has 0 aromatic heterocycles. The van der Waals surface area contributed by atoms with E-state index >= 15 is 8.78 Å². The average Bonchev–Trinajstić information content (AvgIpc) is 3.53. The highest BCUT2D eigenvalue weighted by Crippen LogP contribution is 2.57.